The van der Waals surface area contributed by atoms with Crippen LogP contribution < -0.4 is 5.32 Å². The van der Waals surface area contributed by atoms with E-state index in [-0.39, 0.29) is 0 Å². The van der Waals surface area contributed by atoms with Gasteiger partial charge in [0.1, 0.15) is 5.01 Å². The number of rotatable bonds is 3. The van der Waals surface area contributed by atoms with Crippen LogP contribution in [0.1, 0.15) is 41.9 Å². The summed E-state index contributed by atoms with van der Waals surface area (Å²) in [7, 11) is 2.03. The van der Waals surface area contributed by atoms with Crippen LogP contribution in [-0.2, 0) is 12.8 Å². The highest BCUT2D eigenvalue weighted by molar-refractivity contribution is 7.15. The fourth-order valence-electron chi connectivity index (χ4n) is 2.73. The standard InChI is InChI=1S/C15H19N3S/c1-3-10-9-17-8-7-11(10)15-18-14-12(16-2)5-4-6-13(14)19-15/h7-9,12,16H,3-6H2,1-2H3. The molecule has 2 aromatic heterocycles. The molecule has 3 rings (SSSR count). The number of pyridine rings is 1. The Morgan fingerprint density at radius 2 is 2.37 bits per heavy atom. The van der Waals surface area contributed by atoms with Crippen molar-refractivity contribution in [2.45, 2.75) is 38.6 Å². The van der Waals surface area contributed by atoms with Gasteiger partial charge in [-0.3, -0.25) is 4.98 Å². The Kier molecular flexibility index (Phi) is 3.62. The van der Waals surface area contributed by atoms with Gasteiger partial charge in [-0.05, 0) is 44.4 Å². The second-order valence-corrected chi connectivity index (χ2v) is 6.03. The normalized spacial score (nSPS) is 18.3. The van der Waals surface area contributed by atoms with Gasteiger partial charge < -0.3 is 5.32 Å². The third-order valence-corrected chi connectivity index (χ3v) is 4.98. The summed E-state index contributed by atoms with van der Waals surface area (Å²) in [5, 5.41) is 4.54. The molecule has 19 heavy (non-hydrogen) atoms. The van der Waals surface area contributed by atoms with Gasteiger partial charge in [-0.15, -0.1) is 11.3 Å². The molecule has 2 heterocycles. The van der Waals surface area contributed by atoms with Gasteiger partial charge in [0.2, 0.25) is 0 Å². The molecular formula is C15H19N3S. The maximum absolute atomic E-state index is 4.91. The zero-order valence-corrected chi connectivity index (χ0v) is 12.3. The number of nitrogens with one attached hydrogen (secondary N) is 1. The third-order valence-electron chi connectivity index (χ3n) is 3.82. The van der Waals surface area contributed by atoms with E-state index in [2.05, 4.69) is 23.3 Å². The Balaban J connectivity index is 2.05. The highest BCUT2D eigenvalue weighted by atomic mass is 32.1. The molecule has 1 unspecified atom stereocenters. The minimum absolute atomic E-state index is 0.431. The SMILES string of the molecule is CCc1cnccc1-c1nc2c(s1)CCCC2NC. The quantitative estimate of drug-likeness (QED) is 0.931. The van der Waals surface area contributed by atoms with Crippen molar-refractivity contribution in [2.75, 3.05) is 7.05 Å². The molecule has 0 aromatic carbocycles. The first-order chi connectivity index (χ1) is 9.33. The lowest BCUT2D eigenvalue weighted by molar-refractivity contribution is 0.490. The Morgan fingerprint density at radius 3 is 3.16 bits per heavy atom. The summed E-state index contributed by atoms with van der Waals surface area (Å²) >= 11 is 1.86. The van der Waals surface area contributed by atoms with Crippen LogP contribution in [0.5, 0.6) is 0 Å². The number of hydrogen-bond donors (Lipinski definition) is 1. The molecule has 0 aliphatic heterocycles. The summed E-state index contributed by atoms with van der Waals surface area (Å²) in [6.45, 7) is 2.17. The lowest BCUT2D eigenvalue weighted by atomic mass is 9.98. The van der Waals surface area contributed by atoms with Crippen LogP contribution in [0.2, 0.25) is 0 Å². The molecule has 1 atom stereocenters. The molecule has 1 N–H and O–H groups in total. The minimum atomic E-state index is 0.431. The van der Waals surface area contributed by atoms with Crippen molar-refractivity contribution in [2.24, 2.45) is 0 Å². The molecule has 2 aromatic rings. The predicted octanol–water partition coefficient (Wildman–Crippen LogP) is 3.36. The first kappa shape index (κ1) is 12.8. The topological polar surface area (TPSA) is 37.8 Å². The van der Waals surface area contributed by atoms with E-state index in [1.807, 2.05) is 30.8 Å². The smallest absolute Gasteiger partial charge is 0.124 e. The fraction of sp³-hybridized carbons (Fsp3) is 0.467. The van der Waals surface area contributed by atoms with Crippen LogP contribution in [0, 0.1) is 0 Å². The van der Waals surface area contributed by atoms with E-state index < -0.39 is 0 Å². The molecule has 1 aliphatic carbocycles. The number of nitrogens with zero attached hydrogens (tertiary/aromatic N) is 2. The second kappa shape index (κ2) is 5.39. The van der Waals surface area contributed by atoms with Crippen LogP contribution in [0.4, 0.5) is 0 Å². The van der Waals surface area contributed by atoms with Crippen molar-refractivity contribution in [1.29, 1.82) is 0 Å². The predicted molar refractivity (Wildman–Crippen MR) is 79.5 cm³/mol. The first-order valence-corrected chi connectivity index (χ1v) is 7.75. The highest BCUT2D eigenvalue weighted by Gasteiger charge is 2.24. The molecule has 0 saturated carbocycles. The van der Waals surface area contributed by atoms with E-state index in [1.54, 1.807) is 0 Å². The summed E-state index contributed by atoms with van der Waals surface area (Å²) in [5.74, 6) is 0. The summed E-state index contributed by atoms with van der Waals surface area (Å²) < 4.78 is 0. The molecule has 3 nitrogen and oxygen atoms in total. The van der Waals surface area contributed by atoms with Crippen molar-refractivity contribution in [3.8, 4) is 10.6 Å². The Morgan fingerprint density at radius 1 is 1.47 bits per heavy atom. The van der Waals surface area contributed by atoms with Crippen molar-refractivity contribution in [1.82, 2.24) is 15.3 Å². The molecule has 4 heteroatoms. The molecule has 0 amide bonds. The maximum atomic E-state index is 4.91. The number of thiazole rings is 1. The van der Waals surface area contributed by atoms with Gasteiger partial charge in [0.05, 0.1) is 11.7 Å². The lowest BCUT2D eigenvalue weighted by Crippen LogP contribution is -2.21. The van der Waals surface area contributed by atoms with Crippen molar-refractivity contribution in [3.63, 3.8) is 0 Å². The van der Waals surface area contributed by atoms with Gasteiger partial charge in [-0.2, -0.15) is 0 Å². The number of hydrogen-bond acceptors (Lipinski definition) is 4. The average Bonchev–Trinajstić information content (AvgIpc) is 2.90. The molecule has 0 bridgehead atoms. The highest BCUT2D eigenvalue weighted by Crippen LogP contribution is 2.37. The second-order valence-electron chi connectivity index (χ2n) is 4.95. The lowest BCUT2D eigenvalue weighted by Gasteiger charge is -2.19. The molecular weight excluding hydrogens is 254 g/mol. The Labute approximate surface area is 118 Å². The fourth-order valence-corrected chi connectivity index (χ4v) is 3.96. The van der Waals surface area contributed by atoms with Crippen LogP contribution >= 0.6 is 11.3 Å². The zero-order valence-electron chi connectivity index (χ0n) is 11.4. The van der Waals surface area contributed by atoms with Gasteiger partial charge in [0, 0.05) is 22.8 Å². The average molecular weight is 273 g/mol. The van der Waals surface area contributed by atoms with E-state index in [0.29, 0.717) is 6.04 Å². The van der Waals surface area contributed by atoms with Crippen LogP contribution in [-0.4, -0.2) is 17.0 Å². The summed E-state index contributed by atoms with van der Waals surface area (Å²) in [5.41, 5.74) is 3.81. The summed E-state index contributed by atoms with van der Waals surface area (Å²) in [6, 6.07) is 2.53. The largest absolute Gasteiger partial charge is 0.312 e. The van der Waals surface area contributed by atoms with Crippen molar-refractivity contribution in [3.05, 3.63) is 34.6 Å². The van der Waals surface area contributed by atoms with Crippen LogP contribution in [0.15, 0.2) is 18.5 Å². The van der Waals surface area contributed by atoms with Crippen molar-refractivity contribution >= 4 is 11.3 Å². The Hall–Kier alpha value is -1.26. The van der Waals surface area contributed by atoms with Crippen LogP contribution in [0.3, 0.4) is 0 Å². The van der Waals surface area contributed by atoms with E-state index in [4.69, 9.17) is 4.98 Å². The molecule has 100 valence electrons. The molecule has 0 radical (unpaired) electrons. The molecule has 0 spiro atoms. The van der Waals surface area contributed by atoms with E-state index in [0.717, 1.165) is 11.4 Å². The number of aromatic nitrogens is 2. The minimum Gasteiger partial charge on any atom is -0.312 e. The molecule has 1 aliphatic rings. The number of aryl methyl sites for hydroxylation is 2. The summed E-state index contributed by atoms with van der Waals surface area (Å²) in [6.07, 6.45) is 8.47. The van der Waals surface area contributed by atoms with Gasteiger partial charge in [-0.25, -0.2) is 4.98 Å². The van der Waals surface area contributed by atoms with E-state index in [9.17, 15) is 0 Å². The monoisotopic (exact) mass is 273 g/mol. The molecule has 0 saturated heterocycles. The third kappa shape index (κ3) is 2.30. The zero-order chi connectivity index (χ0) is 13.2. The van der Waals surface area contributed by atoms with Gasteiger partial charge in [0.15, 0.2) is 0 Å². The van der Waals surface area contributed by atoms with Gasteiger partial charge in [-0.1, -0.05) is 6.92 Å². The van der Waals surface area contributed by atoms with Gasteiger partial charge >= 0.3 is 0 Å². The summed E-state index contributed by atoms with van der Waals surface area (Å²) in [4.78, 5) is 10.6. The number of fused-ring (bicyclic) bond motifs is 1. The van der Waals surface area contributed by atoms with Crippen LogP contribution in [0.25, 0.3) is 10.6 Å². The van der Waals surface area contributed by atoms with E-state index in [1.165, 1.54) is 41.0 Å². The van der Waals surface area contributed by atoms with Gasteiger partial charge in [0.25, 0.3) is 0 Å². The first-order valence-electron chi connectivity index (χ1n) is 6.93. The van der Waals surface area contributed by atoms with Crippen molar-refractivity contribution < 1.29 is 0 Å². The Bertz CT molecular complexity index is 577. The van der Waals surface area contributed by atoms with E-state index >= 15 is 0 Å². The maximum Gasteiger partial charge on any atom is 0.124 e. The molecule has 0 fully saturated rings.